The van der Waals surface area contributed by atoms with E-state index in [0.29, 0.717) is 0 Å². The van der Waals surface area contributed by atoms with E-state index < -0.39 is 5.41 Å². The molecule has 0 N–H and O–H groups in total. The van der Waals surface area contributed by atoms with E-state index in [1.165, 1.54) is 77.7 Å². The number of anilines is 3. The van der Waals surface area contributed by atoms with Crippen molar-refractivity contribution >= 4 is 27.8 Å². The molecule has 11 aromatic rings. The molecule has 2 nitrogen and oxygen atoms in total. The van der Waals surface area contributed by atoms with E-state index in [4.69, 9.17) is 4.74 Å². The molecule has 70 heavy (non-hydrogen) atoms. The average Bonchev–Trinajstić information content (AvgIpc) is 3.92. The molecule has 2 heteroatoms. The second-order valence-corrected chi connectivity index (χ2v) is 19.9. The molecule has 0 atom stereocenters. The Morgan fingerprint density at radius 1 is 0.314 bits per heavy atom. The third-order valence-corrected chi connectivity index (χ3v) is 16.1. The molecule has 0 bridgehead atoms. The van der Waals surface area contributed by atoms with Crippen molar-refractivity contribution in [2.75, 3.05) is 4.90 Å². The summed E-state index contributed by atoms with van der Waals surface area (Å²) in [6.45, 7) is 4.75. The zero-order valence-electron chi connectivity index (χ0n) is 38.9. The van der Waals surface area contributed by atoms with E-state index in [-0.39, 0.29) is 5.41 Å². The number of nitrogens with zero attached hydrogens (tertiary/aromatic N) is 1. The van der Waals surface area contributed by atoms with Crippen molar-refractivity contribution in [2.24, 2.45) is 0 Å². The minimum atomic E-state index is -0.500. The SMILES string of the molecule is CC1(C)c2ccccc2-c2ccc(N(c3ccc4c(c3)C3(c5ccccc5-c5ccccc53)c3ccccc3-4)c3cccc4c3-c3cc(-c5ccccc5)ccc3-c3cc5ccccc5cc3O4)cc21. The predicted molar refractivity (Wildman–Crippen MR) is 289 cm³/mol. The number of rotatable bonds is 4. The average molecular weight is 892 g/mol. The second kappa shape index (κ2) is 14.4. The van der Waals surface area contributed by atoms with Crippen molar-refractivity contribution in [3.05, 3.63) is 270 Å². The van der Waals surface area contributed by atoms with E-state index in [1.54, 1.807) is 0 Å². The molecule has 1 spiro atoms. The van der Waals surface area contributed by atoms with Crippen LogP contribution in [-0.2, 0) is 10.8 Å². The van der Waals surface area contributed by atoms with Crippen molar-refractivity contribution in [3.8, 4) is 78.3 Å². The first-order valence-electron chi connectivity index (χ1n) is 24.5. The Balaban J connectivity index is 1.03. The normalized spacial score (nSPS) is 14.2. The first-order valence-corrected chi connectivity index (χ1v) is 24.5. The second-order valence-electron chi connectivity index (χ2n) is 19.9. The van der Waals surface area contributed by atoms with Crippen LogP contribution >= 0.6 is 0 Å². The molecular formula is C68H45NO. The molecular weight excluding hydrogens is 847 g/mol. The summed E-state index contributed by atoms with van der Waals surface area (Å²) in [6, 6.07) is 88.1. The Hall–Kier alpha value is -8.72. The maximum absolute atomic E-state index is 7.29. The van der Waals surface area contributed by atoms with Gasteiger partial charge in [0.2, 0.25) is 0 Å². The highest BCUT2D eigenvalue weighted by atomic mass is 16.5. The van der Waals surface area contributed by atoms with Crippen molar-refractivity contribution in [1.82, 2.24) is 0 Å². The van der Waals surface area contributed by atoms with Crippen LogP contribution < -0.4 is 9.64 Å². The highest BCUT2D eigenvalue weighted by molar-refractivity contribution is 6.04. The van der Waals surface area contributed by atoms with Crippen molar-refractivity contribution < 1.29 is 4.74 Å². The maximum atomic E-state index is 7.29. The Kier molecular flexibility index (Phi) is 8.08. The Bertz CT molecular complexity index is 3960. The quantitative estimate of drug-likeness (QED) is 0.175. The van der Waals surface area contributed by atoms with Crippen LogP contribution in [0.2, 0.25) is 0 Å². The fourth-order valence-corrected chi connectivity index (χ4v) is 13.0. The lowest BCUT2D eigenvalue weighted by atomic mass is 9.70. The third-order valence-electron chi connectivity index (χ3n) is 16.1. The fourth-order valence-electron chi connectivity index (χ4n) is 13.0. The molecule has 0 aromatic heterocycles. The largest absolute Gasteiger partial charge is 0.456 e. The van der Waals surface area contributed by atoms with Gasteiger partial charge in [0.25, 0.3) is 0 Å². The van der Waals surface area contributed by atoms with Crippen molar-refractivity contribution in [3.63, 3.8) is 0 Å². The number of hydrogen-bond donors (Lipinski definition) is 0. The zero-order valence-corrected chi connectivity index (χ0v) is 38.9. The molecule has 0 radical (unpaired) electrons. The lowest BCUT2D eigenvalue weighted by Crippen LogP contribution is -2.26. The molecule has 4 aliphatic rings. The van der Waals surface area contributed by atoms with E-state index in [0.717, 1.165) is 61.8 Å². The Morgan fingerprint density at radius 2 is 0.829 bits per heavy atom. The van der Waals surface area contributed by atoms with Gasteiger partial charge >= 0.3 is 0 Å². The monoisotopic (exact) mass is 891 g/mol. The van der Waals surface area contributed by atoms with Crippen LogP contribution in [0.3, 0.4) is 0 Å². The lowest BCUT2D eigenvalue weighted by molar-refractivity contribution is 0.488. The van der Waals surface area contributed by atoms with Crippen LogP contribution in [0.5, 0.6) is 11.5 Å². The van der Waals surface area contributed by atoms with Crippen LogP contribution in [0, 0.1) is 0 Å². The summed E-state index contributed by atoms with van der Waals surface area (Å²) in [6.07, 6.45) is 0. The van der Waals surface area contributed by atoms with E-state index in [9.17, 15) is 0 Å². The van der Waals surface area contributed by atoms with Crippen molar-refractivity contribution in [2.45, 2.75) is 24.7 Å². The van der Waals surface area contributed by atoms with Gasteiger partial charge in [-0.25, -0.2) is 0 Å². The van der Waals surface area contributed by atoms with Crippen molar-refractivity contribution in [1.29, 1.82) is 0 Å². The lowest BCUT2D eigenvalue weighted by Gasteiger charge is -2.33. The van der Waals surface area contributed by atoms with Gasteiger partial charge in [-0.05, 0) is 154 Å². The molecule has 0 amide bonds. The van der Waals surface area contributed by atoms with Crippen LogP contribution in [-0.4, -0.2) is 0 Å². The van der Waals surface area contributed by atoms with Crippen LogP contribution in [0.15, 0.2) is 237 Å². The standard InChI is InChI=1S/C68H45NO/c1-67(2)57-25-12-8-21-49(57)53-35-32-46(40-61(53)67)69(47-33-36-54-52-24-11-15-28-60(52)68(62(54)41-47)58-26-13-9-22-50(58)51-23-10-14-27-59(51)68)63-29-16-30-64-66(63)56-38-45(42-17-4-3-5-18-42)31-34-48(56)55-37-43-19-6-7-20-44(43)39-65(55)70-64/h3-41H,1-2H3. The minimum Gasteiger partial charge on any atom is -0.456 e. The van der Waals surface area contributed by atoms with Gasteiger partial charge in [0.05, 0.1) is 11.1 Å². The molecule has 1 aliphatic heterocycles. The van der Waals surface area contributed by atoms with Crippen LogP contribution in [0.4, 0.5) is 17.1 Å². The summed E-state index contributed by atoms with van der Waals surface area (Å²) >= 11 is 0. The molecule has 1 heterocycles. The van der Waals surface area contributed by atoms with E-state index in [1.807, 2.05) is 0 Å². The van der Waals surface area contributed by atoms with E-state index in [2.05, 4.69) is 255 Å². The first kappa shape index (κ1) is 39.3. The third kappa shape index (κ3) is 5.28. The summed E-state index contributed by atoms with van der Waals surface area (Å²) in [5.41, 5.74) is 25.0. The van der Waals surface area contributed by atoms with Gasteiger partial charge in [-0.3, -0.25) is 0 Å². The first-order chi connectivity index (χ1) is 34.5. The van der Waals surface area contributed by atoms with Gasteiger partial charge in [0.15, 0.2) is 0 Å². The number of ether oxygens (including phenoxy) is 1. The molecule has 0 saturated carbocycles. The summed E-state index contributed by atoms with van der Waals surface area (Å²) in [5, 5.41) is 2.33. The Morgan fingerprint density at radius 3 is 1.49 bits per heavy atom. The molecule has 3 aliphatic carbocycles. The maximum Gasteiger partial charge on any atom is 0.137 e. The minimum absolute atomic E-state index is 0.202. The Labute approximate surface area is 408 Å². The summed E-state index contributed by atoms with van der Waals surface area (Å²) in [4.78, 5) is 2.52. The molecule has 0 saturated heterocycles. The topological polar surface area (TPSA) is 12.5 Å². The number of fused-ring (bicyclic) bond motifs is 19. The molecule has 0 fully saturated rings. The van der Waals surface area contributed by atoms with E-state index >= 15 is 0 Å². The molecule has 11 aromatic carbocycles. The molecule has 0 unspecified atom stereocenters. The highest BCUT2D eigenvalue weighted by Crippen LogP contribution is 2.64. The summed E-state index contributed by atoms with van der Waals surface area (Å²) in [5.74, 6) is 1.67. The molecule has 328 valence electrons. The van der Waals surface area contributed by atoms with Gasteiger partial charge in [0, 0.05) is 27.9 Å². The predicted octanol–water partition coefficient (Wildman–Crippen LogP) is 18.1. The van der Waals surface area contributed by atoms with Gasteiger partial charge in [-0.1, -0.05) is 196 Å². The smallest absolute Gasteiger partial charge is 0.137 e. The highest BCUT2D eigenvalue weighted by Gasteiger charge is 2.52. The summed E-state index contributed by atoms with van der Waals surface area (Å²) in [7, 11) is 0. The summed E-state index contributed by atoms with van der Waals surface area (Å²) < 4.78 is 7.29. The van der Waals surface area contributed by atoms with Crippen LogP contribution in [0.25, 0.3) is 77.5 Å². The number of hydrogen-bond acceptors (Lipinski definition) is 2. The number of benzene rings is 11. The molecule has 15 rings (SSSR count). The fraction of sp³-hybridized carbons (Fsp3) is 0.0588. The van der Waals surface area contributed by atoms with Gasteiger partial charge < -0.3 is 9.64 Å². The van der Waals surface area contributed by atoms with Gasteiger partial charge in [-0.15, -0.1) is 0 Å². The van der Waals surface area contributed by atoms with Gasteiger partial charge in [0.1, 0.15) is 11.5 Å². The van der Waals surface area contributed by atoms with Gasteiger partial charge in [-0.2, -0.15) is 0 Å². The zero-order chi connectivity index (χ0) is 46.3. The van der Waals surface area contributed by atoms with Crippen LogP contribution in [0.1, 0.15) is 47.2 Å².